The monoisotopic (exact) mass is 892 g/mol. The molecule has 5 atom stereocenters. The molecule has 0 radical (unpaired) electrons. The molecule has 2 aliphatic heterocycles. The average Bonchev–Trinajstić information content (AvgIpc) is 4.17. The molecule has 0 unspecified atom stereocenters. The molecule has 4 heterocycles. The summed E-state index contributed by atoms with van der Waals surface area (Å²) in [5, 5.41) is 7.77. The Balaban J connectivity index is 0.918. The number of hydrogen-bond donors (Lipinski definition) is 4. The quantitative estimate of drug-likeness (QED) is 0.0792. The lowest BCUT2D eigenvalue weighted by molar-refractivity contribution is -0.137. The van der Waals surface area contributed by atoms with E-state index >= 15 is 0 Å². The molecule has 1 aliphatic carbocycles. The van der Waals surface area contributed by atoms with Crippen molar-refractivity contribution >= 4 is 45.6 Å². The van der Waals surface area contributed by atoms with Crippen molar-refractivity contribution in [1.29, 1.82) is 0 Å². The number of likely N-dealkylation sites (tertiary alicyclic amines) is 2. The van der Waals surface area contributed by atoms with E-state index in [1.807, 2.05) is 60.2 Å². The molecule has 6 aromatic rings. The van der Waals surface area contributed by atoms with Crippen LogP contribution in [0.25, 0.3) is 44.2 Å². The summed E-state index contributed by atoms with van der Waals surface area (Å²) in [5.74, 6) is 1.60. The molecule has 9 rings (SSSR count). The first-order valence-corrected chi connectivity index (χ1v) is 23.5. The highest BCUT2D eigenvalue weighted by molar-refractivity contribution is 6.05. The normalized spacial score (nSPS) is 19.6. The number of fused-ring (bicyclic) bond motifs is 3. The average molecular weight is 893 g/mol. The van der Waals surface area contributed by atoms with Crippen LogP contribution in [0.3, 0.4) is 0 Å². The second-order valence-corrected chi connectivity index (χ2v) is 18.5. The van der Waals surface area contributed by atoms with Gasteiger partial charge in [-0.05, 0) is 83.7 Å². The van der Waals surface area contributed by atoms with Crippen molar-refractivity contribution in [3.63, 3.8) is 0 Å². The molecule has 4 aromatic carbocycles. The van der Waals surface area contributed by atoms with Crippen LogP contribution in [-0.2, 0) is 23.9 Å². The zero-order valence-corrected chi connectivity index (χ0v) is 38.2. The second-order valence-electron chi connectivity index (χ2n) is 18.5. The number of methoxy groups -OCH3 is 1. The summed E-state index contributed by atoms with van der Waals surface area (Å²) in [6.07, 6.45) is 7.50. The highest BCUT2D eigenvalue weighted by Crippen LogP contribution is 2.39. The molecule has 0 bridgehead atoms. The number of ether oxygens (including phenoxy) is 2. The number of carbonyl (C=O) groups is 4. The van der Waals surface area contributed by atoms with Gasteiger partial charge in [0.2, 0.25) is 17.7 Å². The Morgan fingerprint density at radius 1 is 0.788 bits per heavy atom. The van der Waals surface area contributed by atoms with Gasteiger partial charge in [0.15, 0.2) is 0 Å². The molecule has 14 heteroatoms. The first kappa shape index (κ1) is 44.7. The Hall–Kier alpha value is -6.54. The number of benzene rings is 4. The van der Waals surface area contributed by atoms with Crippen LogP contribution in [0, 0.1) is 17.8 Å². The van der Waals surface area contributed by atoms with E-state index < -0.39 is 18.2 Å². The molecular weight excluding hydrogens is 833 g/mol. The maximum Gasteiger partial charge on any atom is 0.407 e. The number of alkyl carbamates (subject to hydrolysis) is 1. The summed E-state index contributed by atoms with van der Waals surface area (Å²) >= 11 is 0. The number of amides is 4. The summed E-state index contributed by atoms with van der Waals surface area (Å²) in [6, 6.07) is 26.3. The van der Waals surface area contributed by atoms with Crippen molar-refractivity contribution in [3.8, 4) is 22.4 Å². The van der Waals surface area contributed by atoms with E-state index in [2.05, 4.69) is 75.2 Å². The van der Waals surface area contributed by atoms with Gasteiger partial charge in [0.1, 0.15) is 23.7 Å². The molecule has 2 saturated heterocycles. The Morgan fingerprint density at radius 3 is 2.27 bits per heavy atom. The molecule has 4 N–H and O–H groups in total. The fourth-order valence-corrected chi connectivity index (χ4v) is 9.82. The van der Waals surface area contributed by atoms with Gasteiger partial charge < -0.3 is 39.9 Å². The minimum atomic E-state index is -0.763. The van der Waals surface area contributed by atoms with E-state index in [9.17, 15) is 19.2 Å². The highest BCUT2D eigenvalue weighted by Gasteiger charge is 2.42. The number of nitrogens with one attached hydrogen (secondary N) is 4. The predicted octanol–water partition coefficient (Wildman–Crippen LogP) is 8.79. The maximum absolute atomic E-state index is 14.2. The van der Waals surface area contributed by atoms with Crippen LogP contribution in [0.2, 0.25) is 0 Å². The van der Waals surface area contributed by atoms with Crippen molar-refractivity contribution in [1.82, 2.24) is 40.4 Å². The lowest BCUT2D eigenvalue weighted by atomic mass is 9.86. The molecule has 0 spiro atoms. The van der Waals surface area contributed by atoms with E-state index in [1.165, 1.54) is 26.4 Å². The van der Waals surface area contributed by atoms with Gasteiger partial charge in [-0.1, -0.05) is 100.0 Å². The number of hydrogen-bond acceptors (Lipinski definition) is 8. The van der Waals surface area contributed by atoms with Crippen molar-refractivity contribution in [2.45, 2.75) is 89.9 Å². The molecule has 2 aromatic heterocycles. The minimum absolute atomic E-state index is 0.132. The number of imidazole rings is 2. The summed E-state index contributed by atoms with van der Waals surface area (Å²) < 4.78 is 11.1. The van der Waals surface area contributed by atoms with E-state index in [1.54, 1.807) is 6.92 Å². The van der Waals surface area contributed by atoms with E-state index in [-0.39, 0.29) is 41.6 Å². The zero-order valence-electron chi connectivity index (χ0n) is 38.2. The first-order valence-electron chi connectivity index (χ1n) is 23.5. The second kappa shape index (κ2) is 19.5. The van der Waals surface area contributed by atoms with Crippen LogP contribution in [0.1, 0.15) is 101 Å². The Bertz CT molecular complexity index is 2690. The molecule has 3 aliphatic rings. The number of H-pyrrole nitrogens is 2. The third-order valence-electron chi connectivity index (χ3n) is 13.8. The van der Waals surface area contributed by atoms with Crippen LogP contribution in [0.15, 0.2) is 91.1 Å². The largest absolute Gasteiger partial charge is 0.453 e. The lowest BCUT2D eigenvalue weighted by Gasteiger charge is -2.30. The zero-order chi connectivity index (χ0) is 45.9. The van der Waals surface area contributed by atoms with Gasteiger partial charge in [0, 0.05) is 37.4 Å². The fraction of sp³-hybridized carbons (Fsp3) is 0.423. The topological polar surface area (TPSA) is 175 Å². The Kier molecular flexibility index (Phi) is 13.2. The fourth-order valence-electron chi connectivity index (χ4n) is 9.82. The third-order valence-corrected chi connectivity index (χ3v) is 13.8. The van der Waals surface area contributed by atoms with Crippen LogP contribution in [0.5, 0.6) is 0 Å². The number of rotatable bonds is 15. The first-order chi connectivity index (χ1) is 32.1. The lowest BCUT2D eigenvalue weighted by Crippen LogP contribution is -2.51. The van der Waals surface area contributed by atoms with E-state index in [0.29, 0.717) is 38.5 Å². The summed E-state index contributed by atoms with van der Waals surface area (Å²) in [7, 11) is 1.30. The van der Waals surface area contributed by atoms with Gasteiger partial charge >= 0.3 is 6.09 Å². The summed E-state index contributed by atoms with van der Waals surface area (Å²) in [4.78, 5) is 73.8. The standard InChI is InChI=1S/C52H60N8O6/c1-5-44(61)56-46(36-13-7-6-8-14-36)51(63)59-24-10-15-42(59)48-53-27-41(55-48)35-18-16-34(17-19-35)37-20-22-39-38(26-37)21-23-40-47(39)57-49(54-40)43-25-33(30-66-29-32-11-9-12-32)28-60(43)50(62)45(31(2)3)58-52(64)65-4/h6-8,13-14,16-23,26-27,31-33,42-43,45-46H,5,9-12,15,24-25,28-30H2,1-4H3,(H,53,55)(H,54,57)(H,56,61)(H,58,64)/t33-,42-,43-,45-,46+/m0/s1. The molecule has 4 amide bonds. The van der Waals surface area contributed by atoms with Crippen molar-refractivity contribution < 1.29 is 28.7 Å². The smallest absolute Gasteiger partial charge is 0.407 e. The van der Waals surface area contributed by atoms with Gasteiger partial charge in [-0.3, -0.25) is 14.4 Å². The van der Waals surface area contributed by atoms with Crippen LogP contribution in [-0.4, -0.2) is 93.0 Å². The van der Waals surface area contributed by atoms with Crippen LogP contribution < -0.4 is 10.6 Å². The number of nitrogens with zero attached hydrogens (tertiary/aromatic N) is 4. The molecule has 1 saturated carbocycles. The van der Waals surface area contributed by atoms with Gasteiger partial charge in [-0.15, -0.1) is 0 Å². The number of aromatic nitrogens is 4. The Morgan fingerprint density at radius 2 is 1.55 bits per heavy atom. The van der Waals surface area contributed by atoms with Gasteiger partial charge in [-0.2, -0.15) is 0 Å². The third kappa shape index (κ3) is 9.28. The predicted molar refractivity (Wildman–Crippen MR) is 253 cm³/mol. The van der Waals surface area contributed by atoms with Crippen LogP contribution >= 0.6 is 0 Å². The minimum Gasteiger partial charge on any atom is -0.453 e. The Labute approximate surface area is 385 Å². The number of carbonyl (C=O) groups excluding carboxylic acids is 4. The molecule has 3 fully saturated rings. The molecule has 14 nitrogen and oxygen atoms in total. The summed E-state index contributed by atoms with van der Waals surface area (Å²) in [5.41, 5.74) is 6.45. The van der Waals surface area contributed by atoms with Crippen molar-refractivity contribution in [3.05, 3.63) is 108 Å². The van der Waals surface area contributed by atoms with Gasteiger partial charge in [0.05, 0.1) is 48.7 Å². The summed E-state index contributed by atoms with van der Waals surface area (Å²) in [6.45, 7) is 8.05. The van der Waals surface area contributed by atoms with Gasteiger partial charge in [-0.25, -0.2) is 14.8 Å². The van der Waals surface area contributed by atoms with Crippen LogP contribution in [0.4, 0.5) is 4.79 Å². The molecule has 66 heavy (non-hydrogen) atoms. The number of aromatic amines is 2. The molecule has 344 valence electrons. The van der Waals surface area contributed by atoms with E-state index in [0.717, 1.165) is 80.9 Å². The van der Waals surface area contributed by atoms with Crippen molar-refractivity contribution in [2.75, 3.05) is 33.4 Å². The molecular formula is C52H60N8O6. The van der Waals surface area contributed by atoms with Gasteiger partial charge in [0.25, 0.3) is 0 Å². The SMILES string of the molecule is CCC(=O)N[C@@H](C(=O)N1CCC[C@H]1c1ncc(-c2ccc(-c3ccc4c(ccc5[nH]c([C@@H]6C[C@H](COCC7CCC7)CN6C(=O)[C@@H](NC(=O)OC)C(C)C)nc54)c3)cc2)[nH]1)c1ccccc1. The maximum atomic E-state index is 14.2. The van der Waals surface area contributed by atoms with E-state index in [4.69, 9.17) is 19.4 Å². The highest BCUT2D eigenvalue weighted by atomic mass is 16.5. The van der Waals surface area contributed by atoms with Crippen molar-refractivity contribution in [2.24, 2.45) is 17.8 Å².